The molecule has 0 radical (unpaired) electrons. The summed E-state index contributed by atoms with van der Waals surface area (Å²) < 4.78 is 25.6. The number of aryl methyl sites for hydroxylation is 1. The van der Waals surface area contributed by atoms with Gasteiger partial charge in [0.05, 0.1) is 24.6 Å². The van der Waals surface area contributed by atoms with Crippen LogP contribution in [-0.4, -0.2) is 17.6 Å². The van der Waals surface area contributed by atoms with Gasteiger partial charge in [0.2, 0.25) is 0 Å². The molecule has 0 saturated carbocycles. The Kier molecular flexibility index (Phi) is 5.58. The summed E-state index contributed by atoms with van der Waals surface area (Å²) in [6.45, 7) is 2.15. The predicted molar refractivity (Wildman–Crippen MR) is 115 cm³/mol. The van der Waals surface area contributed by atoms with E-state index in [-0.39, 0.29) is 35.4 Å². The van der Waals surface area contributed by atoms with Crippen LogP contribution < -0.4 is 15.6 Å². The lowest BCUT2D eigenvalue weighted by Crippen LogP contribution is -2.26. The number of halogens is 1. The zero-order valence-electron chi connectivity index (χ0n) is 17.1. The van der Waals surface area contributed by atoms with E-state index >= 15 is 0 Å². The van der Waals surface area contributed by atoms with Gasteiger partial charge in [0.1, 0.15) is 22.9 Å². The molecule has 31 heavy (non-hydrogen) atoms. The summed E-state index contributed by atoms with van der Waals surface area (Å²) in [5.74, 6) is 0.284. The number of rotatable bonds is 6. The fourth-order valence-corrected chi connectivity index (χ4v) is 3.56. The fourth-order valence-electron chi connectivity index (χ4n) is 3.56. The van der Waals surface area contributed by atoms with Gasteiger partial charge in [-0.25, -0.2) is 4.39 Å². The first-order valence-electron chi connectivity index (χ1n) is 9.75. The molecule has 7 heteroatoms. The molecular weight excluding hydrogens is 399 g/mol. The van der Waals surface area contributed by atoms with E-state index in [1.54, 1.807) is 38.4 Å². The lowest BCUT2D eigenvalue weighted by atomic mass is 10.1. The van der Waals surface area contributed by atoms with Crippen molar-refractivity contribution >= 4 is 16.9 Å². The zero-order valence-corrected chi connectivity index (χ0v) is 17.1. The second-order valence-corrected chi connectivity index (χ2v) is 7.14. The van der Waals surface area contributed by atoms with Crippen molar-refractivity contribution in [2.75, 3.05) is 7.11 Å². The van der Waals surface area contributed by atoms with E-state index in [1.807, 2.05) is 24.3 Å². The number of methoxy groups -OCH3 is 1. The second-order valence-electron chi connectivity index (χ2n) is 7.14. The number of fused-ring (bicyclic) bond motifs is 1. The number of carbonyl (C=O) groups is 1. The number of nitrogens with one attached hydrogen (secondary N) is 1. The van der Waals surface area contributed by atoms with Crippen LogP contribution in [0.4, 0.5) is 4.39 Å². The Balaban J connectivity index is 1.65. The maximum Gasteiger partial charge on any atom is 0.262 e. The minimum absolute atomic E-state index is 0.211. The molecule has 2 aromatic heterocycles. The predicted octanol–water partition coefficient (Wildman–Crippen LogP) is 4.03. The number of hydrogen-bond acceptors (Lipinski definition) is 4. The van der Waals surface area contributed by atoms with Gasteiger partial charge in [-0.2, -0.15) is 0 Å². The lowest BCUT2D eigenvalue weighted by molar-refractivity contribution is 0.0950. The number of nitrogens with zero attached hydrogens (tertiary/aromatic N) is 1. The van der Waals surface area contributed by atoms with Gasteiger partial charge in [-0.1, -0.05) is 30.3 Å². The van der Waals surface area contributed by atoms with Gasteiger partial charge in [-0.3, -0.25) is 9.59 Å². The molecule has 0 aliphatic carbocycles. The maximum atomic E-state index is 13.2. The first-order valence-corrected chi connectivity index (χ1v) is 9.75. The third-order valence-electron chi connectivity index (χ3n) is 5.12. The van der Waals surface area contributed by atoms with Crippen molar-refractivity contribution in [3.8, 4) is 5.75 Å². The molecule has 1 amide bonds. The van der Waals surface area contributed by atoms with E-state index in [0.29, 0.717) is 17.1 Å². The number of aromatic nitrogens is 1. The van der Waals surface area contributed by atoms with Crippen LogP contribution in [0, 0.1) is 12.7 Å². The number of amides is 1. The minimum atomic E-state index is -0.404. The summed E-state index contributed by atoms with van der Waals surface area (Å²) >= 11 is 0. The molecule has 4 rings (SSSR count). The number of para-hydroxylation sites is 1. The quantitative estimate of drug-likeness (QED) is 0.511. The van der Waals surface area contributed by atoms with Crippen molar-refractivity contribution in [2.24, 2.45) is 0 Å². The number of benzene rings is 2. The average Bonchev–Trinajstić information content (AvgIpc) is 3.12. The van der Waals surface area contributed by atoms with E-state index in [9.17, 15) is 14.0 Å². The minimum Gasteiger partial charge on any atom is -0.496 e. The number of furan rings is 1. The van der Waals surface area contributed by atoms with Crippen LogP contribution >= 0.6 is 0 Å². The Morgan fingerprint density at radius 1 is 1.13 bits per heavy atom. The van der Waals surface area contributed by atoms with Crippen LogP contribution in [-0.2, 0) is 13.1 Å². The van der Waals surface area contributed by atoms with Crippen molar-refractivity contribution in [1.82, 2.24) is 9.88 Å². The second kappa shape index (κ2) is 8.47. The van der Waals surface area contributed by atoms with Crippen LogP contribution in [0.5, 0.6) is 5.75 Å². The Hall–Kier alpha value is -3.87. The van der Waals surface area contributed by atoms with Crippen LogP contribution in [0.2, 0.25) is 0 Å². The molecule has 0 aliphatic heterocycles. The summed E-state index contributed by atoms with van der Waals surface area (Å²) in [7, 11) is 1.57. The van der Waals surface area contributed by atoms with Crippen LogP contribution in [0.15, 0.2) is 70.0 Å². The molecule has 2 aromatic carbocycles. The number of carbonyl (C=O) groups excluding carboxylic acids is 1. The molecule has 4 aromatic rings. The summed E-state index contributed by atoms with van der Waals surface area (Å²) in [6.07, 6.45) is 1.60. The van der Waals surface area contributed by atoms with Gasteiger partial charge >= 0.3 is 0 Å². The van der Waals surface area contributed by atoms with Gasteiger partial charge in [-0.15, -0.1) is 0 Å². The van der Waals surface area contributed by atoms with Crippen molar-refractivity contribution in [3.63, 3.8) is 0 Å². The van der Waals surface area contributed by atoms with Gasteiger partial charge < -0.3 is 19.0 Å². The molecule has 0 fully saturated rings. The van der Waals surface area contributed by atoms with E-state index in [1.165, 1.54) is 16.7 Å². The van der Waals surface area contributed by atoms with E-state index in [0.717, 1.165) is 11.1 Å². The summed E-state index contributed by atoms with van der Waals surface area (Å²) in [5.41, 5.74) is 1.80. The van der Waals surface area contributed by atoms with Crippen molar-refractivity contribution in [3.05, 3.63) is 99.4 Å². The smallest absolute Gasteiger partial charge is 0.262 e. The molecule has 6 nitrogen and oxygen atoms in total. The van der Waals surface area contributed by atoms with Crippen LogP contribution in [0.25, 0.3) is 11.0 Å². The molecule has 0 spiro atoms. The summed E-state index contributed by atoms with van der Waals surface area (Å²) in [5, 5.41) is 3.06. The normalized spacial score (nSPS) is 10.9. The third kappa shape index (κ3) is 4.07. The van der Waals surface area contributed by atoms with Gasteiger partial charge in [0, 0.05) is 18.3 Å². The highest BCUT2D eigenvalue weighted by Crippen LogP contribution is 2.23. The van der Waals surface area contributed by atoms with E-state index < -0.39 is 5.91 Å². The molecule has 0 atom stereocenters. The number of ether oxygens (including phenoxy) is 1. The lowest BCUT2D eigenvalue weighted by Gasteiger charge is -2.10. The summed E-state index contributed by atoms with van der Waals surface area (Å²) in [6, 6.07) is 15.0. The largest absolute Gasteiger partial charge is 0.496 e. The van der Waals surface area contributed by atoms with Crippen LogP contribution in [0.3, 0.4) is 0 Å². The molecule has 2 heterocycles. The van der Waals surface area contributed by atoms with Crippen LogP contribution in [0.1, 0.15) is 27.2 Å². The first-order chi connectivity index (χ1) is 15.0. The standard InChI is InChI=1S/C24H21FN2O4/c1-15-21(23(28)26-13-17-5-3-4-6-19(17)30-2)22-20(31-15)11-12-27(24(22)29)14-16-7-9-18(25)10-8-16/h3-12H,13-14H2,1-2H3,(H,26,28). The van der Waals surface area contributed by atoms with Crippen molar-refractivity contribution in [1.29, 1.82) is 0 Å². The zero-order chi connectivity index (χ0) is 22.0. The molecule has 0 bridgehead atoms. The number of hydrogen-bond donors (Lipinski definition) is 1. The van der Waals surface area contributed by atoms with E-state index in [2.05, 4.69) is 5.32 Å². The Bertz CT molecular complexity index is 1310. The third-order valence-corrected chi connectivity index (χ3v) is 5.12. The average molecular weight is 420 g/mol. The molecule has 1 N–H and O–H groups in total. The van der Waals surface area contributed by atoms with Gasteiger partial charge in [0.15, 0.2) is 0 Å². The topological polar surface area (TPSA) is 73.5 Å². The monoisotopic (exact) mass is 420 g/mol. The summed E-state index contributed by atoms with van der Waals surface area (Å²) in [4.78, 5) is 26.1. The molecule has 0 aliphatic rings. The Morgan fingerprint density at radius 3 is 2.61 bits per heavy atom. The molecule has 0 unspecified atom stereocenters. The highest BCUT2D eigenvalue weighted by atomic mass is 19.1. The molecule has 158 valence electrons. The van der Waals surface area contributed by atoms with Gasteiger partial charge in [-0.05, 0) is 36.8 Å². The SMILES string of the molecule is COc1ccccc1CNC(=O)c1c(C)oc2ccn(Cc3ccc(F)cc3)c(=O)c12. The van der Waals surface area contributed by atoms with Crippen molar-refractivity contribution in [2.45, 2.75) is 20.0 Å². The van der Waals surface area contributed by atoms with Gasteiger partial charge in [0.25, 0.3) is 11.5 Å². The first kappa shape index (κ1) is 20.4. The number of pyridine rings is 1. The van der Waals surface area contributed by atoms with E-state index in [4.69, 9.17) is 9.15 Å². The molecule has 0 saturated heterocycles. The fraction of sp³-hybridized carbons (Fsp3) is 0.167. The van der Waals surface area contributed by atoms with Crippen molar-refractivity contribution < 1.29 is 18.3 Å². The Morgan fingerprint density at radius 2 is 1.87 bits per heavy atom. The highest BCUT2D eigenvalue weighted by molar-refractivity contribution is 6.06. The highest BCUT2D eigenvalue weighted by Gasteiger charge is 2.22. The molecular formula is C24H21FN2O4. The maximum absolute atomic E-state index is 13.2. The Labute approximate surface area is 177 Å².